The first-order valence-corrected chi connectivity index (χ1v) is 12.2. The number of aliphatic hydroxyl groups excluding tert-OH is 1. The Kier molecular flexibility index (Phi) is 10.8. The number of aromatic nitrogens is 1. The van der Waals surface area contributed by atoms with Gasteiger partial charge in [0.05, 0.1) is 12.1 Å². The number of hydrogen-bond donors (Lipinski definition) is 8. The highest BCUT2D eigenvalue weighted by atomic mass is 16.4. The third-order valence-electron chi connectivity index (χ3n) is 6.06. The standard InChI is InChI=1S/C25H36N6O7/c1-12(2)20(24(36)31-21(13(3)32)25(37)38)30-23(35)18(8-9-19(27)33)29-22(34)16(26)10-14-11-28-17-7-5-4-6-15(14)17/h4-7,11-13,16,18,20-21,28,32H,8-10,26H2,1-3H3,(H2,27,33)(H,29,34)(H,30,35)(H,31,36)(H,37,38). The van der Waals surface area contributed by atoms with Gasteiger partial charge in [-0.05, 0) is 37.3 Å². The molecule has 0 fully saturated rings. The van der Waals surface area contributed by atoms with Crippen molar-refractivity contribution in [3.05, 3.63) is 36.0 Å². The molecule has 1 aromatic heterocycles. The maximum absolute atomic E-state index is 13.1. The summed E-state index contributed by atoms with van der Waals surface area (Å²) < 4.78 is 0. The van der Waals surface area contributed by atoms with Crippen LogP contribution in [-0.4, -0.2) is 75.1 Å². The first-order valence-electron chi connectivity index (χ1n) is 12.2. The van der Waals surface area contributed by atoms with E-state index in [1.165, 1.54) is 6.92 Å². The number of carbonyl (C=O) groups excluding carboxylic acids is 4. The minimum absolute atomic E-state index is 0.148. The summed E-state index contributed by atoms with van der Waals surface area (Å²) in [4.78, 5) is 64.6. The van der Waals surface area contributed by atoms with Crippen molar-refractivity contribution in [2.75, 3.05) is 0 Å². The first kappa shape index (κ1) is 30.3. The minimum Gasteiger partial charge on any atom is -0.480 e. The van der Waals surface area contributed by atoms with E-state index in [1.807, 2.05) is 24.3 Å². The smallest absolute Gasteiger partial charge is 0.328 e. The molecule has 4 amide bonds. The number of hydrogen-bond acceptors (Lipinski definition) is 7. The van der Waals surface area contributed by atoms with Crippen LogP contribution in [0.1, 0.15) is 39.2 Å². The molecule has 5 unspecified atom stereocenters. The van der Waals surface area contributed by atoms with Crippen LogP contribution in [-0.2, 0) is 30.4 Å². The van der Waals surface area contributed by atoms with Gasteiger partial charge in [-0.2, -0.15) is 0 Å². The molecule has 0 saturated carbocycles. The van der Waals surface area contributed by atoms with E-state index in [2.05, 4.69) is 20.9 Å². The number of nitrogens with one attached hydrogen (secondary N) is 4. The molecule has 38 heavy (non-hydrogen) atoms. The van der Waals surface area contributed by atoms with E-state index < -0.39 is 65.8 Å². The molecule has 2 aromatic rings. The SMILES string of the molecule is CC(C)C(NC(=O)C(CCC(N)=O)NC(=O)C(N)Cc1c[nH]c2ccccc12)C(=O)NC(C(=O)O)C(C)O. The number of primary amides is 1. The van der Waals surface area contributed by atoms with Gasteiger partial charge >= 0.3 is 5.97 Å². The summed E-state index contributed by atoms with van der Waals surface area (Å²) in [5.74, 6) is -4.89. The van der Waals surface area contributed by atoms with Gasteiger partial charge in [-0.1, -0.05) is 32.0 Å². The molecule has 0 aliphatic heterocycles. The second-order valence-corrected chi connectivity index (χ2v) is 9.53. The maximum atomic E-state index is 13.1. The van der Waals surface area contributed by atoms with Gasteiger partial charge in [0.1, 0.15) is 12.1 Å². The molecule has 5 atom stereocenters. The third-order valence-corrected chi connectivity index (χ3v) is 6.06. The van der Waals surface area contributed by atoms with Gasteiger partial charge in [0.2, 0.25) is 23.6 Å². The molecule has 10 N–H and O–H groups in total. The largest absolute Gasteiger partial charge is 0.480 e. The second kappa shape index (κ2) is 13.5. The molecule has 0 saturated heterocycles. The number of aliphatic carboxylic acids is 1. The number of carbonyl (C=O) groups is 5. The number of fused-ring (bicyclic) bond motifs is 1. The van der Waals surface area contributed by atoms with Crippen LogP contribution in [0.3, 0.4) is 0 Å². The molecular formula is C25H36N6O7. The number of rotatable bonds is 14. The fraction of sp³-hybridized carbons (Fsp3) is 0.480. The summed E-state index contributed by atoms with van der Waals surface area (Å²) in [5.41, 5.74) is 13.0. The topological polar surface area (TPSA) is 230 Å². The van der Waals surface area contributed by atoms with E-state index >= 15 is 0 Å². The zero-order valence-corrected chi connectivity index (χ0v) is 21.6. The van der Waals surface area contributed by atoms with Crippen molar-refractivity contribution in [3.63, 3.8) is 0 Å². The normalized spacial score (nSPS) is 15.2. The Morgan fingerprint density at radius 3 is 2.16 bits per heavy atom. The van der Waals surface area contributed by atoms with E-state index in [0.717, 1.165) is 16.5 Å². The predicted molar refractivity (Wildman–Crippen MR) is 138 cm³/mol. The summed E-state index contributed by atoms with van der Waals surface area (Å²) in [6.07, 6.45) is 0.162. The Labute approximate surface area is 219 Å². The molecule has 13 nitrogen and oxygen atoms in total. The Morgan fingerprint density at radius 2 is 1.58 bits per heavy atom. The maximum Gasteiger partial charge on any atom is 0.328 e. The van der Waals surface area contributed by atoms with Crippen LogP contribution in [0.2, 0.25) is 0 Å². The summed E-state index contributed by atoms with van der Waals surface area (Å²) >= 11 is 0. The molecule has 0 bridgehead atoms. The Hall–Kier alpha value is -3.97. The summed E-state index contributed by atoms with van der Waals surface area (Å²) in [6, 6.07) is 2.44. The number of amides is 4. The number of para-hydroxylation sites is 1. The molecule has 1 aromatic carbocycles. The molecule has 0 aliphatic rings. The monoisotopic (exact) mass is 532 g/mol. The Balaban J connectivity index is 2.14. The van der Waals surface area contributed by atoms with E-state index in [4.69, 9.17) is 11.5 Å². The number of carboxylic acids is 1. The van der Waals surface area contributed by atoms with Gasteiger partial charge in [-0.15, -0.1) is 0 Å². The quantitative estimate of drug-likeness (QED) is 0.148. The van der Waals surface area contributed by atoms with Gasteiger partial charge < -0.3 is 42.6 Å². The number of carboxylic acid groups (broad SMARTS) is 1. The third kappa shape index (κ3) is 8.28. The van der Waals surface area contributed by atoms with Crippen LogP contribution in [0, 0.1) is 5.92 Å². The molecular weight excluding hydrogens is 496 g/mol. The van der Waals surface area contributed by atoms with Gasteiger partial charge in [0.15, 0.2) is 6.04 Å². The number of nitrogens with two attached hydrogens (primary N) is 2. The highest BCUT2D eigenvalue weighted by molar-refractivity contribution is 5.95. The number of H-pyrrole nitrogens is 1. The van der Waals surface area contributed by atoms with E-state index in [0.29, 0.717) is 0 Å². The second-order valence-electron chi connectivity index (χ2n) is 9.53. The van der Waals surface area contributed by atoms with Gasteiger partial charge in [-0.25, -0.2) is 4.79 Å². The molecule has 0 radical (unpaired) electrons. The zero-order chi connectivity index (χ0) is 28.6. The van der Waals surface area contributed by atoms with Crippen molar-refractivity contribution >= 4 is 40.5 Å². The fourth-order valence-corrected chi connectivity index (χ4v) is 3.88. The van der Waals surface area contributed by atoms with Gasteiger partial charge in [0, 0.05) is 23.5 Å². The lowest BCUT2D eigenvalue weighted by atomic mass is 10.0. The van der Waals surface area contributed by atoms with Crippen LogP contribution >= 0.6 is 0 Å². The lowest BCUT2D eigenvalue weighted by Crippen LogP contribution is -2.59. The van der Waals surface area contributed by atoms with Crippen molar-refractivity contribution in [1.29, 1.82) is 0 Å². The Morgan fingerprint density at radius 1 is 0.947 bits per heavy atom. The van der Waals surface area contributed by atoms with Crippen LogP contribution in [0.4, 0.5) is 0 Å². The van der Waals surface area contributed by atoms with Crippen LogP contribution in [0.25, 0.3) is 10.9 Å². The minimum atomic E-state index is -1.59. The molecule has 0 aliphatic carbocycles. The average Bonchev–Trinajstić information content (AvgIpc) is 3.24. The van der Waals surface area contributed by atoms with Crippen molar-refractivity contribution < 1.29 is 34.2 Å². The average molecular weight is 533 g/mol. The van der Waals surface area contributed by atoms with Crippen LogP contribution in [0.5, 0.6) is 0 Å². The summed E-state index contributed by atoms with van der Waals surface area (Å²) in [5, 5.41) is 27.0. The lowest BCUT2D eigenvalue weighted by molar-refractivity contribution is -0.145. The predicted octanol–water partition coefficient (Wildman–Crippen LogP) is -1.12. The van der Waals surface area contributed by atoms with Gasteiger partial charge in [0.25, 0.3) is 0 Å². The van der Waals surface area contributed by atoms with Crippen molar-refractivity contribution in [2.24, 2.45) is 17.4 Å². The lowest BCUT2D eigenvalue weighted by Gasteiger charge is -2.27. The Bertz CT molecular complexity index is 1160. The van der Waals surface area contributed by atoms with Crippen LogP contribution < -0.4 is 27.4 Å². The van der Waals surface area contributed by atoms with E-state index in [1.54, 1.807) is 20.0 Å². The zero-order valence-electron chi connectivity index (χ0n) is 21.6. The molecule has 2 rings (SSSR count). The van der Waals surface area contributed by atoms with Crippen molar-refractivity contribution in [2.45, 2.75) is 70.3 Å². The van der Waals surface area contributed by atoms with E-state index in [9.17, 15) is 34.2 Å². The molecule has 13 heteroatoms. The number of aliphatic hydroxyl groups is 1. The van der Waals surface area contributed by atoms with Crippen LogP contribution in [0.15, 0.2) is 30.5 Å². The molecule has 208 valence electrons. The number of benzene rings is 1. The highest BCUT2D eigenvalue weighted by Gasteiger charge is 2.33. The molecule has 0 spiro atoms. The summed E-state index contributed by atoms with van der Waals surface area (Å²) in [7, 11) is 0. The molecule has 1 heterocycles. The van der Waals surface area contributed by atoms with Crippen molar-refractivity contribution in [3.8, 4) is 0 Å². The van der Waals surface area contributed by atoms with Crippen molar-refractivity contribution in [1.82, 2.24) is 20.9 Å². The summed E-state index contributed by atoms with van der Waals surface area (Å²) in [6.45, 7) is 4.45. The first-order chi connectivity index (χ1) is 17.8. The fourth-order valence-electron chi connectivity index (χ4n) is 3.88. The number of aromatic amines is 1. The van der Waals surface area contributed by atoms with E-state index in [-0.39, 0.29) is 19.3 Å². The van der Waals surface area contributed by atoms with Gasteiger partial charge in [-0.3, -0.25) is 19.2 Å². The highest BCUT2D eigenvalue weighted by Crippen LogP contribution is 2.19.